The number of amides is 2. The number of piperidine rings is 1. The van der Waals surface area contributed by atoms with Gasteiger partial charge < -0.3 is 20.1 Å². The summed E-state index contributed by atoms with van der Waals surface area (Å²) in [5, 5.41) is 11.9. The van der Waals surface area contributed by atoms with Crippen molar-refractivity contribution in [3.05, 3.63) is 59.7 Å². The number of rotatable bonds is 7. The molecule has 33 heavy (non-hydrogen) atoms. The van der Waals surface area contributed by atoms with Crippen molar-refractivity contribution in [3.8, 4) is 11.1 Å². The van der Waals surface area contributed by atoms with Crippen LogP contribution in [0, 0.1) is 0 Å². The zero-order chi connectivity index (χ0) is 23.4. The minimum absolute atomic E-state index is 0.0547. The van der Waals surface area contributed by atoms with Crippen molar-refractivity contribution in [2.24, 2.45) is 0 Å². The lowest BCUT2D eigenvalue weighted by molar-refractivity contribution is -0.142. The second-order valence-corrected chi connectivity index (χ2v) is 8.71. The monoisotopic (exact) mass is 450 g/mol. The molecule has 1 aliphatic carbocycles. The smallest absolute Gasteiger partial charge is 0.407 e. The first-order valence-electron chi connectivity index (χ1n) is 11.6. The van der Waals surface area contributed by atoms with Crippen molar-refractivity contribution in [2.45, 2.75) is 57.0 Å². The van der Waals surface area contributed by atoms with E-state index in [1.165, 1.54) is 0 Å². The van der Waals surface area contributed by atoms with Crippen molar-refractivity contribution in [1.82, 2.24) is 10.2 Å². The molecule has 0 bridgehead atoms. The highest BCUT2D eigenvalue weighted by atomic mass is 16.5. The van der Waals surface area contributed by atoms with Crippen LogP contribution in [0.15, 0.2) is 48.5 Å². The molecule has 0 saturated carbocycles. The van der Waals surface area contributed by atoms with Gasteiger partial charge in [0.1, 0.15) is 12.6 Å². The van der Waals surface area contributed by atoms with E-state index in [0.717, 1.165) is 35.1 Å². The number of hydrogen-bond acceptors (Lipinski definition) is 4. The maximum absolute atomic E-state index is 13.1. The number of nitrogens with zero attached hydrogens (tertiary/aromatic N) is 1. The minimum Gasteiger partial charge on any atom is -0.481 e. The molecule has 4 rings (SSSR count). The molecule has 2 aromatic carbocycles. The van der Waals surface area contributed by atoms with Crippen molar-refractivity contribution in [1.29, 1.82) is 0 Å². The molecule has 1 fully saturated rings. The Hall–Kier alpha value is -3.35. The van der Waals surface area contributed by atoms with E-state index in [1.807, 2.05) is 31.2 Å². The zero-order valence-corrected chi connectivity index (χ0v) is 18.8. The largest absolute Gasteiger partial charge is 0.481 e. The fourth-order valence-corrected chi connectivity index (χ4v) is 5.03. The van der Waals surface area contributed by atoms with Crippen LogP contribution in [0.4, 0.5) is 4.79 Å². The Morgan fingerprint density at radius 1 is 1.06 bits per heavy atom. The van der Waals surface area contributed by atoms with Gasteiger partial charge in [0.25, 0.3) is 0 Å². The number of nitrogens with one attached hydrogen (secondary N) is 1. The summed E-state index contributed by atoms with van der Waals surface area (Å²) in [7, 11) is 0. The normalized spacial score (nSPS) is 18.2. The number of hydrogen-bond donors (Lipinski definition) is 2. The highest BCUT2D eigenvalue weighted by Gasteiger charge is 2.34. The summed E-state index contributed by atoms with van der Waals surface area (Å²) >= 11 is 0. The minimum atomic E-state index is -0.919. The Morgan fingerprint density at radius 3 is 2.30 bits per heavy atom. The molecule has 2 N–H and O–H groups in total. The summed E-state index contributed by atoms with van der Waals surface area (Å²) in [5.74, 6) is -1.21. The second-order valence-electron chi connectivity index (χ2n) is 8.71. The van der Waals surface area contributed by atoms with Gasteiger partial charge in [0.15, 0.2) is 0 Å². The summed E-state index contributed by atoms with van der Waals surface area (Å²) in [4.78, 5) is 38.6. The van der Waals surface area contributed by atoms with Crippen LogP contribution in [0.5, 0.6) is 0 Å². The van der Waals surface area contributed by atoms with Gasteiger partial charge in [-0.15, -0.1) is 0 Å². The maximum atomic E-state index is 13.1. The average Bonchev–Trinajstić information content (AvgIpc) is 3.14. The predicted molar refractivity (Wildman–Crippen MR) is 124 cm³/mol. The number of benzene rings is 2. The predicted octanol–water partition coefficient (Wildman–Crippen LogP) is 4.16. The standard InChI is InChI=1S/C26H30N2O5/c1-2-23(25(31)28-14-8-7-9-17(28)15-24(29)30)27-26(32)33-16-22-20-12-5-3-10-18(20)19-11-4-6-13-21(19)22/h3-6,10-13,17,22-23H,2,7-9,14-16H2,1H3,(H,27,32)(H,29,30)/t17-,23+/m0/s1. The lowest BCUT2D eigenvalue weighted by Gasteiger charge is -2.37. The molecule has 0 radical (unpaired) electrons. The topological polar surface area (TPSA) is 95.9 Å². The third-order valence-electron chi connectivity index (χ3n) is 6.66. The molecular formula is C26H30N2O5. The Kier molecular flexibility index (Phi) is 6.96. The molecule has 1 heterocycles. The number of aliphatic carboxylic acids is 1. The van der Waals surface area contributed by atoms with Gasteiger partial charge in [0, 0.05) is 18.5 Å². The van der Waals surface area contributed by atoms with Gasteiger partial charge in [-0.25, -0.2) is 4.79 Å². The SMILES string of the molecule is CC[C@@H](NC(=O)OCC1c2ccccc2-c2ccccc21)C(=O)N1CCCC[C@H]1CC(=O)O. The Labute approximate surface area is 193 Å². The first-order chi connectivity index (χ1) is 16.0. The van der Waals surface area contributed by atoms with Crippen LogP contribution in [-0.2, 0) is 14.3 Å². The first-order valence-corrected chi connectivity index (χ1v) is 11.6. The van der Waals surface area contributed by atoms with E-state index in [0.29, 0.717) is 19.4 Å². The van der Waals surface area contributed by atoms with Crippen LogP contribution in [-0.4, -0.2) is 53.2 Å². The number of carbonyl (C=O) groups is 3. The van der Waals surface area contributed by atoms with Crippen molar-refractivity contribution >= 4 is 18.0 Å². The van der Waals surface area contributed by atoms with Crippen LogP contribution < -0.4 is 5.32 Å². The molecule has 7 nitrogen and oxygen atoms in total. The number of carboxylic acid groups (broad SMARTS) is 1. The number of carboxylic acids is 1. The lowest BCUT2D eigenvalue weighted by atomic mass is 9.98. The van der Waals surface area contributed by atoms with Crippen LogP contribution in [0.3, 0.4) is 0 Å². The summed E-state index contributed by atoms with van der Waals surface area (Å²) in [6.45, 7) is 2.51. The molecule has 7 heteroatoms. The fourth-order valence-electron chi connectivity index (χ4n) is 5.03. The van der Waals surface area contributed by atoms with Crippen molar-refractivity contribution in [3.63, 3.8) is 0 Å². The van der Waals surface area contributed by atoms with Crippen molar-refractivity contribution < 1.29 is 24.2 Å². The first kappa shape index (κ1) is 22.8. The zero-order valence-electron chi connectivity index (χ0n) is 18.8. The molecule has 2 atom stereocenters. The molecule has 1 aliphatic heterocycles. The van der Waals surface area contributed by atoms with E-state index < -0.39 is 18.1 Å². The summed E-state index contributed by atoms with van der Waals surface area (Å²) in [6, 6.07) is 15.2. The quantitative estimate of drug-likeness (QED) is 0.660. The van der Waals surface area contributed by atoms with Gasteiger partial charge in [-0.05, 0) is 47.9 Å². The van der Waals surface area contributed by atoms with Crippen molar-refractivity contribution in [2.75, 3.05) is 13.2 Å². The Bertz CT molecular complexity index is 991. The highest BCUT2D eigenvalue weighted by molar-refractivity contribution is 5.86. The third-order valence-corrected chi connectivity index (χ3v) is 6.66. The lowest BCUT2D eigenvalue weighted by Crippen LogP contribution is -2.53. The molecule has 174 valence electrons. The average molecular weight is 451 g/mol. The summed E-state index contributed by atoms with van der Waals surface area (Å²) < 4.78 is 5.59. The summed E-state index contributed by atoms with van der Waals surface area (Å²) in [6.07, 6.45) is 2.09. The van der Waals surface area contributed by atoms with E-state index in [4.69, 9.17) is 4.74 Å². The van der Waals surface area contributed by atoms with Crippen LogP contribution in [0.2, 0.25) is 0 Å². The number of ether oxygens (including phenoxy) is 1. The molecule has 1 saturated heterocycles. The van der Waals surface area contributed by atoms with Crippen LogP contribution in [0.1, 0.15) is 56.1 Å². The third kappa shape index (κ3) is 4.87. The van der Waals surface area contributed by atoms with E-state index in [9.17, 15) is 19.5 Å². The van der Waals surface area contributed by atoms with Gasteiger partial charge in [-0.3, -0.25) is 9.59 Å². The molecular weight excluding hydrogens is 420 g/mol. The molecule has 2 aliphatic rings. The summed E-state index contributed by atoms with van der Waals surface area (Å²) in [5.41, 5.74) is 4.55. The van der Waals surface area contributed by atoms with Gasteiger partial charge >= 0.3 is 12.1 Å². The fraction of sp³-hybridized carbons (Fsp3) is 0.423. The second kappa shape index (κ2) is 10.1. The highest BCUT2D eigenvalue weighted by Crippen LogP contribution is 2.44. The van der Waals surface area contributed by atoms with E-state index in [2.05, 4.69) is 29.6 Å². The van der Waals surface area contributed by atoms with E-state index in [1.54, 1.807) is 4.90 Å². The Morgan fingerprint density at radius 2 is 1.70 bits per heavy atom. The number of alkyl carbamates (subject to hydrolysis) is 1. The molecule has 0 aromatic heterocycles. The number of carbonyl (C=O) groups excluding carboxylic acids is 2. The maximum Gasteiger partial charge on any atom is 0.407 e. The number of fused-ring (bicyclic) bond motifs is 3. The molecule has 2 amide bonds. The van der Waals surface area contributed by atoms with E-state index in [-0.39, 0.29) is 30.9 Å². The van der Waals surface area contributed by atoms with Gasteiger partial charge in [-0.1, -0.05) is 55.5 Å². The number of likely N-dealkylation sites (tertiary alicyclic amines) is 1. The molecule has 2 aromatic rings. The van der Waals surface area contributed by atoms with Gasteiger partial charge in [-0.2, -0.15) is 0 Å². The van der Waals surface area contributed by atoms with Crippen LogP contribution in [0.25, 0.3) is 11.1 Å². The molecule has 0 unspecified atom stereocenters. The van der Waals surface area contributed by atoms with E-state index >= 15 is 0 Å². The van der Waals surface area contributed by atoms with Gasteiger partial charge in [0.05, 0.1) is 6.42 Å². The van der Waals surface area contributed by atoms with Gasteiger partial charge in [0.2, 0.25) is 5.91 Å². The molecule has 0 spiro atoms. The van der Waals surface area contributed by atoms with Crippen LogP contribution >= 0.6 is 0 Å². The Balaban J connectivity index is 1.40.